The Morgan fingerprint density at radius 2 is 1.76 bits per heavy atom. The van der Waals surface area contributed by atoms with Crippen LogP contribution in [-0.2, 0) is 17.8 Å². The summed E-state index contributed by atoms with van der Waals surface area (Å²) in [6.07, 6.45) is -0.183. The van der Waals surface area contributed by atoms with E-state index in [9.17, 15) is 18.0 Å². The molecule has 2 N–H and O–H groups in total. The molecule has 21 heavy (non-hydrogen) atoms. The molecule has 0 aromatic heterocycles. The fraction of sp³-hybridized carbons (Fsp3) is 0.133. The molecule has 2 rings (SSSR count). The van der Waals surface area contributed by atoms with E-state index in [1.54, 1.807) is 24.3 Å². The standard InChI is InChI=1S/C15H12F3NO2/c16-11-6-12(17)15(18)13(7-11)19-8-10-4-2-1-3-9(10)5-14(20)21/h1-4,6-7,19H,5,8H2,(H,20,21). The van der Waals surface area contributed by atoms with Crippen LogP contribution in [0.2, 0.25) is 0 Å². The lowest BCUT2D eigenvalue weighted by Gasteiger charge is -2.11. The number of carboxylic acid groups (broad SMARTS) is 1. The van der Waals surface area contributed by atoms with Crippen molar-refractivity contribution in [1.82, 2.24) is 0 Å². The molecule has 0 radical (unpaired) electrons. The van der Waals surface area contributed by atoms with Crippen LogP contribution in [0.5, 0.6) is 0 Å². The van der Waals surface area contributed by atoms with Gasteiger partial charge in [0.2, 0.25) is 0 Å². The van der Waals surface area contributed by atoms with Crippen molar-refractivity contribution in [3.05, 3.63) is 65.0 Å². The molecule has 3 nitrogen and oxygen atoms in total. The van der Waals surface area contributed by atoms with E-state index in [0.717, 1.165) is 6.07 Å². The number of halogens is 3. The van der Waals surface area contributed by atoms with Crippen LogP contribution in [0.1, 0.15) is 11.1 Å². The molecule has 0 aliphatic carbocycles. The highest BCUT2D eigenvalue weighted by atomic mass is 19.2. The SMILES string of the molecule is O=C(O)Cc1ccccc1CNc1cc(F)cc(F)c1F. The highest BCUT2D eigenvalue weighted by Gasteiger charge is 2.12. The lowest BCUT2D eigenvalue weighted by molar-refractivity contribution is -0.136. The largest absolute Gasteiger partial charge is 0.481 e. The molecular weight excluding hydrogens is 283 g/mol. The summed E-state index contributed by atoms with van der Waals surface area (Å²) in [5, 5.41) is 11.4. The number of hydrogen-bond donors (Lipinski definition) is 2. The Bertz CT molecular complexity index is 674. The molecule has 0 atom stereocenters. The molecule has 0 aliphatic heterocycles. The van der Waals surface area contributed by atoms with Crippen LogP contribution in [0.25, 0.3) is 0 Å². The predicted octanol–water partition coefficient (Wildman–Crippen LogP) is 3.34. The van der Waals surface area contributed by atoms with Crippen LogP contribution in [0, 0.1) is 17.5 Å². The molecule has 0 saturated carbocycles. The van der Waals surface area contributed by atoms with E-state index in [1.807, 2.05) is 0 Å². The molecule has 0 heterocycles. The highest BCUT2D eigenvalue weighted by Crippen LogP contribution is 2.20. The fourth-order valence-electron chi connectivity index (χ4n) is 1.94. The van der Waals surface area contributed by atoms with Gasteiger partial charge in [-0.05, 0) is 11.1 Å². The average Bonchev–Trinajstić information content (AvgIpc) is 2.42. The van der Waals surface area contributed by atoms with E-state index < -0.39 is 23.4 Å². The topological polar surface area (TPSA) is 49.3 Å². The number of nitrogens with one attached hydrogen (secondary N) is 1. The maximum atomic E-state index is 13.5. The van der Waals surface area contributed by atoms with Gasteiger partial charge in [-0.2, -0.15) is 0 Å². The van der Waals surface area contributed by atoms with Crippen LogP contribution in [0.4, 0.5) is 18.9 Å². The van der Waals surface area contributed by atoms with Gasteiger partial charge in [-0.15, -0.1) is 0 Å². The molecule has 0 amide bonds. The molecule has 0 aliphatic rings. The maximum absolute atomic E-state index is 13.5. The minimum atomic E-state index is -1.28. The van der Waals surface area contributed by atoms with E-state index in [0.29, 0.717) is 17.2 Å². The quantitative estimate of drug-likeness (QED) is 0.832. The second-order valence-corrected chi connectivity index (χ2v) is 4.44. The van der Waals surface area contributed by atoms with Gasteiger partial charge in [0.15, 0.2) is 11.6 Å². The smallest absolute Gasteiger partial charge is 0.307 e. The Morgan fingerprint density at radius 3 is 2.43 bits per heavy atom. The van der Waals surface area contributed by atoms with Gasteiger partial charge in [0.05, 0.1) is 12.1 Å². The second kappa shape index (κ2) is 6.30. The molecular formula is C15H12F3NO2. The monoisotopic (exact) mass is 295 g/mol. The van der Waals surface area contributed by atoms with Crippen LogP contribution < -0.4 is 5.32 Å². The summed E-state index contributed by atoms with van der Waals surface area (Å²) >= 11 is 0. The van der Waals surface area contributed by atoms with Gasteiger partial charge in [0.25, 0.3) is 0 Å². The molecule has 2 aromatic rings. The zero-order chi connectivity index (χ0) is 15.4. The maximum Gasteiger partial charge on any atom is 0.307 e. The number of anilines is 1. The van der Waals surface area contributed by atoms with E-state index in [1.165, 1.54) is 0 Å². The van der Waals surface area contributed by atoms with E-state index in [-0.39, 0.29) is 18.7 Å². The Labute approximate surface area is 119 Å². The molecule has 2 aromatic carbocycles. The van der Waals surface area contributed by atoms with E-state index in [4.69, 9.17) is 5.11 Å². The average molecular weight is 295 g/mol. The highest BCUT2D eigenvalue weighted by molar-refractivity contribution is 5.70. The first-order valence-electron chi connectivity index (χ1n) is 6.14. The Kier molecular flexibility index (Phi) is 4.47. The lowest BCUT2D eigenvalue weighted by Crippen LogP contribution is -2.08. The van der Waals surface area contributed by atoms with Gasteiger partial charge in [0.1, 0.15) is 5.82 Å². The van der Waals surface area contributed by atoms with Gasteiger partial charge >= 0.3 is 5.97 Å². The summed E-state index contributed by atoms with van der Waals surface area (Å²) in [5.74, 6) is -4.34. The number of carbonyl (C=O) groups is 1. The summed E-state index contributed by atoms with van der Waals surface area (Å²) in [6.45, 7) is 0.0588. The molecule has 0 bridgehead atoms. The zero-order valence-electron chi connectivity index (χ0n) is 10.9. The molecule has 0 fully saturated rings. The summed E-state index contributed by atoms with van der Waals surface area (Å²) in [4.78, 5) is 10.8. The van der Waals surface area contributed by atoms with Gasteiger partial charge in [-0.3, -0.25) is 4.79 Å². The van der Waals surface area contributed by atoms with Crippen LogP contribution in [0.3, 0.4) is 0 Å². The molecule has 0 spiro atoms. The number of hydrogen-bond acceptors (Lipinski definition) is 2. The minimum Gasteiger partial charge on any atom is -0.481 e. The van der Waals surface area contributed by atoms with Crippen molar-refractivity contribution in [2.24, 2.45) is 0 Å². The van der Waals surface area contributed by atoms with Crippen LogP contribution in [-0.4, -0.2) is 11.1 Å². The van der Waals surface area contributed by atoms with Crippen molar-refractivity contribution in [2.45, 2.75) is 13.0 Å². The molecule has 6 heteroatoms. The van der Waals surface area contributed by atoms with E-state index >= 15 is 0 Å². The van der Waals surface area contributed by atoms with E-state index in [2.05, 4.69) is 5.32 Å². The number of carboxylic acids is 1. The van der Waals surface area contributed by atoms with Gasteiger partial charge in [-0.1, -0.05) is 24.3 Å². The third kappa shape index (κ3) is 3.75. The van der Waals surface area contributed by atoms with Crippen molar-refractivity contribution >= 4 is 11.7 Å². The van der Waals surface area contributed by atoms with Crippen molar-refractivity contribution in [3.63, 3.8) is 0 Å². The summed E-state index contributed by atoms with van der Waals surface area (Å²) in [6, 6.07) is 7.98. The van der Waals surface area contributed by atoms with Crippen molar-refractivity contribution < 1.29 is 23.1 Å². The zero-order valence-corrected chi connectivity index (χ0v) is 10.9. The lowest BCUT2D eigenvalue weighted by atomic mass is 10.0. The van der Waals surface area contributed by atoms with Gasteiger partial charge in [0, 0.05) is 18.7 Å². The third-order valence-corrected chi connectivity index (χ3v) is 2.92. The Hall–Kier alpha value is -2.50. The number of rotatable bonds is 5. The number of benzene rings is 2. The normalized spacial score (nSPS) is 10.4. The van der Waals surface area contributed by atoms with Crippen molar-refractivity contribution in [2.75, 3.05) is 5.32 Å². The predicted molar refractivity (Wildman–Crippen MR) is 71.4 cm³/mol. The summed E-state index contributed by atoms with van der Waals surface area (Å²) in [7, 11) is 0. The number of aliphatic carboxylic acids is 1. The summed E-state index contributed by atoms with van der Waals surface area (Å²) in [5.41, 5.74) is 0.858. The van der Waals surface area contributed by atoms with Crippen LogP contribution >= 0.6 is 0 Å². The van der Waals surface area contributed by atoms with Crippen molar-refractivity contribution in [3.8, 4) is 0 Å². The second-order valence-electron chi connectivity index (χ2n) is 4.44. The van der Waals surface area contributed by atoms with Crippen molar-refractivity contribution in [1.29, 1.82) is 0 Å². The molecule has 110 valence electrons. The van der Waals surface area contributed by atoms with Crippen LogP contribution in [0.15, 0.2) is 36.4 Å². The molecule has 0 saturated heterocycles. The first-order valence-corrected chi connectivity index (χ1v) is 6.14. The molecule has 0 unspecified atom stereocenters. The Morgan fingerprint density at radius 1 is 1.10 bits per heavy atom. The Balaban J connectivity index is 2.19. The fourth-order valence-corrected chi connectivity index (χ4v) is 1.94. The van der Waals surface area contributed by atoms with Gasteiger partial charge < -0.3 is 10.4 Å². The third-order valence-electron chi connectivity index (χ3n) is 2.92. The summed E-state index contributed by atoms with van der Waals surface area (Å²) < 4.78 is 39.6. The minimum absolute atomic E-state index is 0.0588. The first-order chi connectivity index (χ1) is 9.97. The van der Waals surface area contributed by atoms with Gasteiger partial charge in [-0.25, -0.2) is 13.2 Å². The first kappa shape index (κ1) is 14.9.